The van der Waals surface area contributed by atoms with Crippen LogP contribution in [0.2, 0.25) is 0 Å². The molecule has 2 fully saturated rings. The van der Waals surface area contributed by atoms with Crippen molar-refractivity contribution in [3.05, 3.63) is 0 Å². The number of halogens is 3. The van der Waals surface area contributed by atoms with Gasteiger partial charge in [0.1, 0.15) is 0 Å². The third-order valence-electron chi connectivity index (χ3n) is 3.67. The van der Waals surface area contributed by atoms with Crippen LogP contribution in [0.15, 0.2) is 0 Å². The average molecular weight is 223 g/mol. The Morgan fingerprint density at radius 1 is 1.20 bits per heavy atom. The normalized spacial score (nSPS) is 29.0. The van der Waals surface area contributed by atoms with E-state index in [2.05, 4.69) is 4.90 Å². The number of hydrogen-bond acceptors (Lipinski definition) is 2. The lowest BCUT2D eigenvalue weighted by Gasteiger charge is -2.63. The van der Waals surface area contributed by atoms with Gasteiger partial charge in [0, 0.05) is 24.5 Å². The summed E-state index contributed by atoms with van der Waals surface area (Å²) in [7, 11) is 0. The molecule has 1 heterocycles. The summed E-state index contributed by atoms with van der Waals surface area (Å²) in [5, 5.41) is 9.33. The van der Waals surface area contributed by atoms with Gasteiger partial charge >= 0.3 is 6.18 Å². The van der Waals surface area contributed by atoms with Crippen LogP contribution in [0.5, 0.6) is 0 Å². The maximum Gasteiger partial charge on any atom is 0.417 e. The Kier molecular flexibility index (Phi) is 2.15. The fourth-order valence-electron chi connectivity index (χ4n) is 2.79. The third kappa shape index (κ3) is 1.56. The molecule has 1 spiro atoms. The van der Waals surface area contributed by atoms with Crippen molar-refractivity contribution in [3.63, 3.8) is 0 Å². The van der Waals surface area contributed by atoms with Gasteiger partial charge < -0.3 is 5.11 Å². The van der Waals surface area contributed by atoms with Crippen LogP contribution in [-0.4, -0.2) is 40.9 Å². The van der Waals surface area contributed by atoms with Gasteiger partial charge in [-0.05, 0) is 26.7 Å². The lowest BCUT2D eigenvalue weighted by Crippen LogP contribution is -2.72. The molecule has 0 atom stereocenters. The summed E-state index contributed by atoms with van der Waals surface area (Å²) in [5.41, 5.74) is -2.66. The number of likely N-dealkylation sites (tertiary alicyclic amines) is 1. The van der Waals surface area contributed by atoms with Gasteiger partial charge in [0.05, 0.1) is 0 Å². The molecular formula is C10H16F3NO. The molecule has 1 aliphatic heterocycles. The zero-order chi connectivity index (χ0) is 11.5. The highest BCUT2D eigenvalue weighted by Crippen LogP contribution is 2.59. The van der Waals surface area contributed by atoms with Gasteiger partial charge in [-0.2, -0.15) is 13.2 Å². The molecule has 0 aromatic rings. The molecule has 0 aromatic carbocycles. The number of rotatable bonds is 1. The predicted molar refractivity (Wildman–Crippen MR) is 49.4 cm³/mol. The van der Waals surface area contributed by atoms with Crippen LogP contribution < -0.4 is 0 Å². The molecular weight excluding hydrogens is 207 g/mol. The van der Waals surface area contributed by atoms with E-state index >= 15 is 0 Å². The van der Waals surface area contributed by atoms with Gasteiger partial charge in [0.2, 0.25) is 0 Å². The molecule has 0 bridgehead atoms. The van der Waals surface area contributed by atoms with Crippen LogP contribution in [-0.2, 0) is 0 Å². The minimum atomic E-state index is -4.46. The fraction of sp³-hybridized carbons (Fsp3) is 1.00. The quantitative estimate of drug-likeness (QED) is 0.732. The highest BCUT2D eigenvalue weighted by molar-refractivity contribution is 5.14. The summed E-state index contributed by atoms with van der Waals surface area (Å²) in [4.78, 5) is 2.13. The van der Waals surface area contributed by atoms with E-state index in [-0.39, 0.29) is 18.3 Å². The minimum Gasteiger partial charge on any atom is -0.380 e. The molecule has 1 aliphatic carbocycles. The highest BCUT2D eigenvalue weighted by Gasteiger charge is 2.69. The van der Waals surface area contributed by atoms with Crippen LogP contribution >= 0.6 is 0 Å². The molecule has 2 nitrogen and oxygen atoms in total. The Morgan fingerprint density at radius 3 is 2.00 bits per heavy atom. The van der Waals surface area contributed by atoms with Crippen molar-refractivity contribution < 1.29 is 18.3 Å². The SMILES string of the molecule is CC(C)N1CC2(C1)CC(O)(C(F)(F)F)C2. The zero-order valence-electron chi connectivity index (χ0n) is 8.93. The Hall–Kier alpha value is -0.290. The standard InChI is InChI=1S/C10H16F3NO/c1-7(2)14-5-8(6-14)3-9(15,4-8)10(11,12)13/h7,15H,3-6H2,1-2H3. The summed E-state index contributed by atoms with van der Waals surface area (Å²) in [6.45, 7) is 5.45. The summed E-state index contributed by atoms with van der Waals surface area (Å²) in [6.07, 6.45) is -4.70. The van der Waals surface area contributed by atoms with E-state index in [0.717, 1.165) is 0 Å². The molecule has 15 heavy (non-hydrogen) atoms. The van der Waals surface area contributed by atoms with E-state index in [0.29, 0.717) is 19.1 Å². The molecule has 0 radical (unpaired) electrons. The number of alkyl halides is 3. The van der Waals surface area contributed by atoms with Gasteiger partial charge in [-0.15, -0.1) is 0 Å². The molecule has 1 N–H and O–H groups in total. The summed E-state index contributed by atoms with van der Waals surface area (Å²) in [6, 6.07) is 0.384. The van der Waals surface area contributed by atoms with E-state index < -0.39 is 11.8 Å². The largest absolute Gasteiger partial charge is 0.417 e. The van der Waals surface area contributed by atoms with E-state index in [4.69, 9.17) is 0 Å². The Balaban J connectivity index is 1.90. The topological polar surface area (TPSA) is 23.5 Å². The Morgan fingerprint density at radius 2 is 1.67 bits per heavy atom. The molecule has 1 saturated carbocycles. The first kappa shape index (κ1) is 11.2. The van der Waals surface area contributed by atoms with E-state index in [1.54, 1.807) is 0 Å². The molecule has 1 saturated heterocycles. The number of aliphatic hydroxyl groups is 1. The predicted octanol–water partition coefficient (Wildman–Crippen LogP) is 1.78. The average Bonchev–Trinajstić information content (AvgIpc) is 1.90. The van der Waals surface area contributed by atoms with Crippen molar-refractivity contribution in [2.75, 3.05) is 13.1 Å². The van der Waals surface area contributed by atoms with E-state index in [1.807, 2.05) is 13.8 Å². The van der Waals surface area contributed by atoms with Crippen molar-refractivity contribution in [3.8, 4) is 0 Å². The first-order chi connectivity index (χ1) is 6.68. The Labute approximate surface area is 87.1 Å². The Bertz CT molecular complexity index is 260. The second-order valence-electron chi connectivity index (χ2n) is 5.38. The third-order valence-corrected chi connectivity index (χ3v) is 3.67. The lowest BCUT2D eigenvalue weighted by atomic mass is 9.54. The van der Waals surface area contributed by atoms with Gasteiger partial charge in [-0.3, -0.25) is 4.90 Å². The van der Waals surface area contributed by atoms with Crippen molar-refractivity contribution in [1.82, 2.24) is 4.90 Å². The van der Waals surface area contributed by atoms with Crippen molar-refractivity contribution in [2.24, 2.45) is 5.41 Å². The second kappa shape index (κ2) is 2.88. The van der Waals surface area contributed by atoms with Crippen molar-refractivity contribution in [2.45, 2.75) is 44.5 Å². The maximum absolute atomic E-state index is 12.4. The summed E-state index contributed by atoms with van der Waals surface area (Å²) >= 11 is 0. The minimum absolute atomic E-state index is 0.118. The monoisotopic (exact) mass is 223 g/mol. The maximum atomic E-state index is 12.4. The van der Waals surface area contributed by atoms with Crippen LogP contribution in [0.3, 0.4) is 0 Å². The smallest absolute Gasteiger partial charge is 0.380 e. The summed E-state index contributed by atoms with van der Waals surface area (Å²) in [5.74, 6) is 0. The highest BCUT2D eigenvalue weighted by atomic mass is 19.4. The fourth-order valence-corrected chi connectivity index (χ4v) is 2.79. The molecule has 0 aromatic heterocycles. The van der Waals surface area contributed by atoms with Crippen molar-refractivity contribution in [1.29, 1.82) is 0 Å². The molecule has 0 unspecified atom stereocenters. The first-order valence-corrected chi connectivity index (χ1v) is 5.21. The molecule has 2 aliphatic rings. The number of nitrogens with zero attached hydrogens (tertiary/aromatic N) is 1. The van der Waals surface area contributed by atoms with Gasteiger partial charge in [0.25, 0.3) is 0 Å². The van der Waals surface area contributed by atoms with Gasteiger partial charge in [-0.25, -0.2) is 0 Å². The molecule has 88 valence electrons. The first-order valence-electron chi connectivity index (χ1n) is 5.21. The van der Waals surface area contributed by atoms with Crippen LogP contribution in [0.4, 0.5) is 13.2 Å². The van der Waals surface area contributed by atoms with Crippen LogP contribution in [0.1, 0.15) is 26.7 Å². The van der Waals surface area contributed by atoms with Crippen LogP contribution in [0, 0.1) is 5.41 Å². The summed E-state index contributed by atoms with van der Waals surface area (Å²) < 4.78 is 37.1. The van der Waals surface area contributed by atoms with Crippen LogP contribution in [0.25, 0.3) is 0 Å². The van der Waals surface area contributed by atoms with Gasteiger partial charge in [-0.1, -0.05) is 0 Å². The van der Waals surface area contributed by atoms with E-state index in [9.17, 15) is 18.3 Å². The molecule has 5 heteroatoms. The van der Waals surface area contributed by atoms with Crippen molar-refractivity contribution >= 4 is 0 Å². The van der Waals surface area contributed by atoms with Gasteiger partial charge in [0.15, 0.2) is 5.60 Å². The molecule has 2 rings (SSSR count). The lowest BCUT2D eigenvalue weighted by molar-refractivity contribution is -0.333. The van der Waals surface area contributed by atoms with E-state index in [1.165, 1.54) is 0 Å². The number of hydrogen-bond donors (Lipinski definition) is 1. The second-order valence-corrected chi connectivity index (χ2v) is 5.38. The zero-order valence-corrected chi connectivity index (χ0v) is 8.93. The molecule has 0 amide bonds.